The number of aromatic amines is 1. The third-order valence-corrected chi connectivity index (χ3v) is 3.63. The zero-order valence-corrected chi connectivity index (χ0v) is 13.4. The van der Waals surface area contributed by atoms with Crippen LogP contribution in [0.5, 0.6) is 11.5 Å². The molecule has 1 aliphatic rings. The van der Waals surface area contributed by atoms with E-state index in [-0.39, 0.29) is 12.3 Å². The molecule has 0 atom stereocenters. The lowest BCUT2D eigenvalue weighted by molar-refractivity contribution is 0.0456. The fourth-order valence-electron chi connectivity index (χ4n) is 2.38. The van der Waals surface area contributed by atoms with E-state index in [1.165, 1.54) is 12.1 Å². The zero-order valence-electron chi connectivity index (χ0n) is 13.4. The van der Waals surface area contributed by atoms with E-state index in [1.54, 1.807) is 18.2 Å². The maximum atomic E-state index is 11.9. The number of ether oxygens (including phenoxy) is 3. The number of H-pyrrole nitrogens is 1. The third kappa shape index (κ3) is 3.27. The molecule has 0 saturated heterocycles. The van der Waals surface area contributed by atoms with Crippen LogP contribution >= 0.6 is 0 Å². The highest BCUT2D eigenvalue weighted by molar-refractivity contribution is 5.86. The lowest BCUT2D eigenvalue weighted by Crippen LogP contribution is -2.15. The van der Waals surface area contributed by atoms with Crippen LogP contribution < -0.4 is 15.0 Å². The van der Waals surface area contributed by atoms with E-state index in [9.17, 15) is 9.59 Å². The van der Waals surface area contributed by atoms with Gasteiger partial charge in [0.1, 0.15) is 25.5 Å². The molecule has 1 aliphatic heterocycles. The Morgan fingerprint density at radius 3 is 2.77 bits per heavy atom. The molecule has 0 bridgehead atoms. The van der Waals surface area contributed by atoms with Gasteiger partial charge in [-0.15, -0.1) is 0 Å². The van der Waals surface area contributed by atoms with Crippen LogP contribution in [-0.4, -0.2) is 34.5 Å². The molecule has 4 rings (SSSR count). The highest BCUT2D eigenvalue weighted by atomic mass is 16.6. The summed E-state index contributed by atoms with van der Waals surface area (Å²) >= 11 is 0. The molecule has 2 aromatic heterocycles. The molecule has 26 heavy (non-hydrogen) atoms. The summed E-state index contributed by atoms with van der Waals surface area (Å²) in [5.74, 6) is 1.16. The number of aromatic nitrogens is 3. The molecule has 0 saturated carbocycles. The molecule has 0 radical (unpaired) electrons. The Morgan fingerprint density at radius 2 is 1.96 bits per heavy atom. The van der Waals surface area contributed by atoms with Gasteiger partial charge in [0.05, 0.1) is 0 Å². The summed E-state index contributed by atoms with van der Waals surface area (Å²) in [4.78, 5) is 22.8. The normalized spacial score (nSPS) is 12.6. The highest BCUT2D eigenvalue weighted by Crippen LogP contribution is 2.34. The van der Waals surface area contributed by atoms with E-state index in [2.05, 4.69) is 15.4 Å². The minimum Gasteiger partial charge on any atom is -0.486 e. The Hall–Kier alpha value is -3.62. The summed E-state index contributed by atoms with van der Waals surface area (Å²) in [6.07, 6.45) is 0. The molecule has 0 spiro atoms. The first-order valence-electron chi connectivity index (χ1n) is 7.77. The summed E-state index contributed by atoms with van der Waals surface area (Å²) in [7, 11) is 0. The molecule has 9 heteroatoms. The molecule has 1 aromatic carbocycles. The Bertz CT molecular complexity index is 989. The molecule has 3 heterocycles. The summed E-state index contributed by atoms with van der Waals surface area (Å²) in [5, 5.41) is 9.65. The first-order valence-corrected chi connectivity index (χ1v) is 7.77. The topological polar surface area (TPSA) is 117 Å². The molecule has 0 aliphatic carbocycles. The average molecular weight is 355 g/mol. The van der Waals surface area contributed by atoms with Crippen molar-refractivity contribution in [2.24, 2.45) is 0 Å². The van der Waals surface area contributed by atoms with Crippen LogP contribution in [0.15, 0.2) is 45.7 Å². The number of carbonyl (C=O) groups excluding carboxylic acids is 1. The van der Waals surface area contributed by atoms with Gasteiger partial charge in [0.25, 0.3) is 5.56 Å². The predicted octanol–water partition coefficient (Wildman–Crippen LogP) is 1.55. The van der Waals surface area contributed by atoms with Gasteiger partial charge in [0.15, 0.2) is 23.0 Å². The molecule has 0 fully saturated rings. The van der Waals surface area contributed by atoms with Crippen LogP contribution in [0.3, 0.4) is 0 Å². The van der Waals surface area contributed by atoms with Gasteiger partial charge in [-0.3, -0.25) is 4.79 Å². The van der Waals surface area contributed by atoms with Gasteiger partial charge in [-0.05, 0) is 24.3 Å². The van der Waals surface area contributed by atoms with Gasteiger partial charge < -0.3 is 18.7 Å². The van der Waals surface area contributed by atoms with Gasteiger partial charge >= 0.3 is 5.97 Å². The molecule has 9 nitrogen and oxygen atoms in total. The van der Waals surface area contributed by atoms with Crippen LogP contribution in [-0.2, 0) is 11.3 Å². The van der Waals surface area contributed by atoms with E-state index in [0.29, 0.717) is 36.2 Å². The number of fused-ring (bicyclic) bond motifs is 1. The van der Waals surface area contributed by atoms with Crippen LogP contribution in [0.25, 0.3) is 11.3 Å². The number of carbonyl (C=O) groups is 1. The fraction of sp³-hybridized carbons (Fsp3) is 0.176. The number of nitrogens with zero attached hydrogens (tertiary/aromatic N) is 2. The van der Waals surface area contributed by atoms with Crippen molar-refractivity contribution < 1.29 is 23.5 Å². The Labute approximate surface area is 146 Å². The lowest BCUT2D eigenvalue weighted by atomic mass is 10.1. The minimum absolute atomic E-state index is 0.000143. The maximum Gasteiger partial charge on any atom is 0.359 e. The van der Waals surface area contributed by atoms with Crippen molar-refractivity contribution in [3.05, 3.63) is 58.1 Å². The quantitative estimate of drug-likeness (QED) is 0.701. The van der Waals surface area contributed by atoms with E-state index >= 15 is 0 Å². The van der Waals surface area contributed by atoms with Gasteiger partial charge in [-0.1, -0.05) is 5.16 Å². The SMILES string of the molecule is O=C(OCc1cc(-c2ccc3c(c2)OCCO3)on1)c1ccc(=O)[nH]n1. The van der Waals surface area contributed by atoms with Crippen LogP contribution in [0.4, 0.5) is 0 Å². The monoisotopic (exact) mass is 355 g/mol. The van der Waals surface area contributed by atoms with E-state index < -0.39 is 11.5 Å². The summed E-state index contributed by atoms with van der Waals surface area (Å²) in [5.41, 5.74) is 0.802. The van der Waals surface area contributed by atoms with Gasteiger partial charge in [0, 0.05) is 17.7 Å². The number of hydrogen-bond donors (Lipinski definition) is 1. The number of esters is 1. The number of nitrogens with one attached hydrogen (secondary N) is 1. The predicted molar refractivity (Wildman–Crippen MR) is 86.9 cm³/mol. The second-order valence-electron chi connectivity index (χ2n) is 5.42. The number of benzene rings is 1. The summed E-state index contributed by atoms with van der Waals surface area (Å²) in [6, 6.07) is 9.57. The fourth-order valence-corrected chi connectivity index (χ4v) is 2.38. The summed E-state index contributed by atoms with van der Waals surface area (Å²) < 4.78 is 21.4. The van der Waals surface area contributed by atoms with Crippen molar-refractivity contribution in [1.82, 2.24) is 15.4 Å². The number of rotatable bonds is 4. The zero-order chi connectivity index (χ0) is 17.9. The molecular weight excluding hydrogens is 342 g/mol. The minimum atomic E-state index is -0.676. The number of hydrogen-bond acceptors (Lipinski definition) is 8. The lowest BCUT2D eigenvalue weighted by Gasteiger charge is -2.18. The van der Waals surface area contributed by atoms with Gasteiger partial charge in [-0.2, -0.15) is 5.10 Å². The first kappa shape index (κ1) is 15.9. The van der Waals surface area contributed by atoms with E-state index in [4.69, 9.17) is 18.7 Å². The van der Waals surface area contributed by atoms with Crippen molar-refractivity contribution in [2.45, 2.75) is 6.61 Å². The van der Waals surface area contributed by atoms with Gasteiger partial charge in [-0.25, -0.2) is 9.89 Å². The van der Waals surface area contributed by atoms with Crippen molar-refractivity contribution in [2.75, 3.05) is 13.2 Å². The van der Waals surface area contributed by atoms with Crippen molar-refractivity contribution >= 4 is 5.97 Å². The molecule has 3 aromatic rings. The van der Waals surface area contributed by atoms with Crippen molar-refractivity contribution in [1.29, 1.82) is 0 Å². The second kappa shape index (κ2) is 6.71. The Balaban J connectivity index is 1.44. The van der Waals surface area contributed by atoms with E-state index in [1.807, 2.05) is 6.07 Å². The van der Waals surface area contributed by atoms with Crippen LogP contribution in [0.2, 0.25) is 0 Å². The molecular formula is C17H13N3O6. The van der Waals surface area contributed by atoms with Crippen molar-refractivity contribution in [3.63, 3.8) is 0 Å². The molecule has 0 amide bonds. The Kier molecular flexibility index (Phi) is 4.10. The molecule has 1 N–H and O–H groups in total. The molecule has 132 valence electrons. The highest BCUT2D eigenvalue weighted by Gasteiger charge is 2.16. The third-order valence-electron chi connectivity index (χ3n) is 3.63. The van der Waals surface area contributed by atoms with Crippen LogP contribution in [0, 0.1) is 0 Å². The molecule has 0 unspecified atom stereocenters. The summed E-state index contributed by atoms with van der Waals surface area (Å²) in [6.45, 7) is 0.925. The van der Waals surface area contributed by atoms with Gasteiger partial charge in [0.2, 0.25) is 0 Å². The Morgan fingerprint density at radius 1 is 1.12 bits per heavy atom. The average Bonchev–Trinajstić information content (AvgIpc) is 3.15. The maximum absolute atomic E-state index is 11.9. The second-order valence-corrected chi connectivity index (χ2v) is 5.42. The smallest absolute Gasteiger partial charge is 0.359 e. The van der Waals surface area contributed by atoms with Crippen molar-refractivity contribution in [3.8, 4) is 22.8 Å². The van der Waals surface area contributed by atoms with E-state index in [0.717, 1.165) is 5.56 Å². The standard InChI is InChI=1S/C17H13N3O6/c21-16-4-2-12(18-19-16)17(22)25-9-11-8-14(26-20-11)10-1-3-13-15(7-10)24-6-5-23-13/h1-4,7-8H,5-6,9H2,(H,19,21). The largest absolute Gasteiger partial charge is 0.486 e. The first-order chi connectivity index (χ1) is 12.7. The van der Waals surface area contributed by atoms with Crippen LogP contribution in [0.1, 0.15) is 16.2 Å².